The Hall–Kier alpha value is -1.30. The molecule has 1 aliphatic rings. The van der Waals surface area contributed by atoms with Gasteiger partial charge in [0.1, 0.15) is 6.61 Å². The largest absolute Gasteiger partial charge is 0.480 e. The van der Waals surface area contributed by atoms with E-state index < -0.39 is 5.97 Å². The van der Waals surface area contributed by atoms with Gasteiger partial charge in [0.2, 0.25) is 0 Å². The van der Waals surface area contributed by atoms with Crippen molar-refractivity contribution in [1.82, 2.24) is 9.80 Å². The Kier molecular flexibility index (Phi) is 6.78. The fourth-order valence-electron chi connectivity index (χ4n) is 2.19. The van der Waals surface area contributed by atoms with E-state index in [1.807, 2.05) is 11.9 Å². The molecular formula is C14H26N2O4. The van der Waals surface area contributed by atoms with E-state index in [1.54, 1.807) is 4.90 Å². The number of aliphatic carboxylic acids is 1. The van der Waals surface area contributed by atoms with Gasteiger partial charge in [0.05, 0.1) is 6.10 Å². The predicted molar refractivity (Wildman–Crippen MR) is 75.7 cm³/mol. The lowest BCUT2D eigenvalue weighted by Gasteiger charge is -2.34. The fourth-order valence-corrected chi connectivity index (χ4v) is 2.19. The summed E-state index contributed by atoms with van der Waals surface area (Å²) >= 11 is 0. The Morgan fingerprint density at radius 2 is 1.95 bits per heavy atom. The van der Waals surface area contributed by atoms with Crippen LogP contribution in [0, 0.1) is 5.92 Å². The summed E-state index contributed by atoms with van der Waals surface area (Å²) in [5.74, 6) is -0.364. The number of hydrogen-bond donors (Lipinski definition) is 1. The molecule has 1 fully saturated rings. The van der Waals surface area contributed by atoms with Gasteiger partial charge in [-0.1, -0.05) is 13.8 Å². The monoisotopic (exact) mass is 286 g/mol. The van der Waals surface area contributed by atoms with Gasteiger partial charge in [0.25, 0.3) is 0 Å². The van der Waals surface area contributed by atoms with Gasteiger partial charge in [-0.15, -0.1) is 0 Å². The van der Waals surface area contributed by atoms with Crippen molar-refractivity contribution in [3.63, 3.8) is 0 Å². The van der Waals surface area contributed by atoms with Gasteiger partial charge < -0.3 is 19.6 Å². The highest BCUT2D eigenvalue weighted by atomic mass is 16.5. The molecule has 1 aliphatic heterocycles. The topological polar surface area (TPSA) is 70.1 Å². The van der Waals surface area contributed by atoms with E-state index in [4.69, 9.17) is 9.84 Å². The van der Waals surface area contributed by atoms with E-state index in [0.29, 0.717) is 31.8 Å². The van der Waals surface area contributed by atoms with Crippen LogP contribution in [0.2, 0.25) is 0 Å². The van der Waals surface area contributed by atoms with Crippen LogP contribution < -0.4 is 0 Å². The first-order valence-electron chi connectivity index (χ1n) is 7.23. The van der Waals surface area contributed by atoms with Crippen LogP contribution in [-0.4, -0.2) is 66.3 Å². The average molecular weight is 286 g/mol. The number of nitrogens with zero attached hydrogens (tertiary/aromatic N) is 2. The number of piperidine rings is 1. The molecule has 0 aromatic heterocycles. The fraction of sp³-hybridized carbons (Fsp3) is 0.857. The zero-order valence-corrected chi connectivity index (χ0v) is 12.7. The Bertz CT molecular complexity index is 325. The van der Waals surface area contributed by atoms with E-state index in [2.05, 4.69) is 13.8 Å². The summed E-state index contributed by atoms with van der Waals surface area (Å²) in [6.07, 6.45) is 2.37. The maximum atomic E-state index is 12.2. The second-order valence-corrected chi connectivity index (χ2v) is 5.78. The van der Waals surface area contributed by atoms with Crippen molar-refractivity contribution in [3.05, 3.63) is 0 Å². The zero-order valence-electron chi connectivity index (χ0n) is 12.7. The van der Waals surface area contributed by atoms with Gasteiger partial charge in [-0.3, -0.25) is 0 Å². The van der Waals surface area contributed by atoms with Crippen LogP contribution in [0.25, 0.3) is 0 Å². The molecule has 0 bridgehead atoms. The predicted octanol–water partition coefficient (Wildman–Crippen LogP) is 1.65. The average Bonchev–Trinajstić information content (AvgIpc) is 2.42. The Balaban J connectivity index is 2.29. The van der Waals surface area contributed by atoms with Crippen molar-refractivity contribution in [2.45, 2.75) is 39.2 Å². The normalized spacial score (nSPS) is 16.5. The smallest absolute Gasteiger partial charge is 0.329 e. The highest BCUT2D eigenvalue weighted by molar-refractivity contribution is 5.74. The standard InChI is InChI=1S/C14H26N2O4/c1-11(2)4-7-15(3)14(19)16-8-5-12(6-9-16)20-10-13(17)18/h11-12H,4-10H2,1-3H3,(H,17,18). The molecule has 1 saturated heterocycles. The first-order valence-corrected chi connectivity index (χ1v) is 7.23. The van der Waals surface area contributed by atoms with Crippen molar-refractivity contribution in [1.29, 1.82) is 0 Å². The molecule has 0 saturated carbocycles. The summed E-state index contributed by atoms with van der Waals surface area (Å²) in [6.45, 7) is 6.07. The molecule has 2 amide bonds. The molecule has 6 heteroatoms. The van der Waals surface area contributed by atoms with Gasteiger partial charge in [-0.25, -0.2) is 9.59 Å². The first kappa shape index (κ1) is 16.8. The highest BCUT2D eigenvalue weighted by Gasteiger charge is 2.25. The van der Waals surface area contributed by atoms with E-state index in [-0.39, 0.29) is 18.7 Å². The van der Waals surface area contributed by atoms with Crippen LogP contribution in [0.1, 0.15) is 33.1 Å². The van der Waals surface area contributed by atoms with E-state index in [9.17, 15) is 9.59 Å². The Labute approximate surface area is 120 Å². The maximum Gasteiger partial charge on any atom is 0.329 e. The number of likely N-dealkylation sites (tertiary alicyclic amines) is 1. The molecule has 0 unspecified atom stereocenters. The van der Waals surface area contributed by atoms with E-state index in [1.165, 1.54) is 0 Å². The first-order chi connectivity index (χ1) is 9.40. The molecule has 0 aliphatic carbocycles. The molecule has 1 heterocycles. The lowest BCUT2D eigenvalue weighted by atomic mass is 10.1. The second kappa shape index (κ2) is 8.09. The minimum absolute atomic E-state index is 0.0453. The summed E-state index contributed by atoms with van der Waals surface area (Å²) in [5, 5.41) is 8.56. The van der Waals surface area contributed by atoms with Crippen molar-refractivity contribution < 1.29 is 19.4 Å². The molecule has 0 atom stereocenters. The highest BCUT2D eigenvalue weighted by Crippen LogP contribution is 2.15. The number of hydrogen-bond acceptors (Lipinski definition) is 3. The van der Waals surface area contributed by atoms with Crippen LogP contribution in [0.5, 0.6) is 0 Å². The molecule has 116 valence electrons. The number of carbonyl (C=O) groups excluding carboxylic acids is 1. The van der Waals surface area contributed by atoms with E-state index >= 15 is 0 Å². The van der Waals surface area contributed by atoms with Crippen LogP contribution in [-0.2, 0) is 9.53 Å². The summed E-state index contributed by atoms with van der Waals surface area (Å²) in [5.41, 5.74) is 0. The van der Waals surface area contributed by atoms with Crippen LogP contribution in [0.4, 0.5) is 4.79 Å². The summed E-state index contributed by atoms with van der Waals surface area (Å²) < 4.78 is 5.26. The third-order valence-electron chi connectivity index (χ3n) is 3.52. The molecule has 0 radical (unpaired) electrons. The quantitative estimate of drug-likeness (QED) is 0.806. The molecule has 6 nitrogen and oxygen atoms in total. The van der Waals surface area contributed by atoms with Gasteiger partial charge in [0, 0.05) is 26.7 Å². The second-order valence-electron chi connectivity index (χ2n) is 5.78. The third kappa shape index (κ3) is 5.77. The van der Waals surface area contributed by atoms with Crippen LogP contribution >= 0.6 is 0 Å². The van der Waals surface area contributed by atoms with Crippen LogP contribution in [0.3, 0.4) is 0 Å². The van der Waals surface area contributed by atoms with Gasteiger partial charge in [-0.2, -0.15) is 0 Å². The van der Waals surface area contributed by atoms with Gasteiger partial charge in [0.15, 0.2) is 0 Å². The van der Waals surface area contributed by atoms with Crippen molar-refractivity contribution >= 4 is 12.0 Å². The number of ether oxygens (including phenoxy) is 1. The summed E-state index contributed by atoms with van der Waals surface area (Å²) in [4.78, 5) is 26.2. The molecule has 20 heavy (non-hydrogen) atoms. The molecule has 1 N–H and O–H groups in total. The Morgan fingerprint density at radius 3 is 2.45 bits per heavy atom. The molecule has 1 rings (SSSR count). The van der Waals surface area contributed by atoms with Crippen molar-refractivity contribution in [2.75, 3.05) is 33.3 Å². The number of urea groups is 1. The van der Waals surface area contributed by atoms with Gasteiger partial charge >= 0.3 is 12.0 Å². The number of carboxylic acids is 1. The van der Waals surface area contributed by atoms with E-state index in [0.717, 1.165) is 13.0 Å². The third-order valence-corrected chi connectivity index (χ3v) is 3.52. The SMILES string of the molecule is CC(C)CCN(C)C(=O)N1CCC(OCC(=O)O)CC1. The Morgan fingerprint density at radius 1 is 1.35 bits per heavy atom. The van der Waals surface area contributed by atoms with Crippen molar-refractivity contribution in [3.8, 4) is 0 Å². The summed E-state index contributed by atoms with van der Waals surface area (Å²) in [6, 6.07) is 0.0577. The number of amides is 2. The summed E-state index contributed by atoms with van der Waals surface area (Å²) in [7, 11) is 1.83. The molecule has 0 spiro atoms. The van der Waals surface area contributed by atoms with Gasteiger partial charge in [-0.05, 0) is 25.2 Å². The number of carbonyl (C=O) groups is 2. The number of rotatable bonds is 6. The van der Waals surface area contributed by atoms with Crippen molar-refractivity contribution in [2.24, 2.45) is 5.92 Å². The lowest BCUT2D eigenvalue weighted by molar-refractivity contribution is -0.145. The lowest BCUT2D eigenvalue weighted by Crippen LogP contribution is -2.47. The van der Waals surface area contributed by atoms with Crippen LogP contribution in [0.15, 0.2) is 0 Å². The molecule has 0 aromatic carbocycles. The minimum atomic E-state index is -0.947. The number of carboxylic acid groups (broad SMARTS) is 1. The minimum Gasteiger partial charge on any atom is -0.480 e. The molecule has 0 aromatic rings. The zero-order chi connectivity index (χ0) is 15.1. The molecular weight excluding hydrogens is 260 g/mol. The maximum absolute atomic E-state index is 12.2.